The molecule has 0 spiro atoms. The minimum absolute atomic E-state index is 0.000192. The number of aliphatic hydroxyl groups excluding tert-OH is 1. The number of amides is 1. The molecule has 2 N–H and O–H groups in total. The third-order valence-corrected chi connectivity index (χ3v) is 4.84. The van der Waals surface area contributed by atoms with Crippen molar-refractivity contribution < 1.29 is 29.3 Å². The Morgan fingerprint density at radius 1 is 1.10 bits per heavy atom. The standard InChI is InChI=1S/C23H25NO6/c1-3-11-30-18-9-5-7-16(14-18)21(26)19-20(15-6-4-8-17(25)13-15)24(10-12-29-2)23(28)22(19)27/h4-9,13-14,20,25-26H,3,10-12H2,1-2H3. The van der Waals surface area contributed by atoms with Crippen molar-refractivity contribution in [2.75, 3.05) is 26.9 Å². The first-order valence-electron chi connectivity index (χ1n) is 9.77. The van der Waals surface area contributed by atoms with Crippen LogP contribution in [0.5, 0.6) is 11.5 Å². The van der Waals surface area contributed by atoms with Crippen LogP contribution in [0.15, 0.2) is 54.1 Å². The zero-order valence-corrected chi connectivity index (χ0v) is 17.0. The number of carbonyl (C=O) groups is 2. The van der Waals surface area contributed by atoms with Crippen LogP contribution in [0.3, 0.4) is 0 Å². The molecule has 1 atom stereocenters. The average molecular weight is 411 g/mol. The molecule has 0 radical (unpaired) electrons. The van der Waals surface area contributed by atoms with Crippen LogP contribution in [0.1, 0.15) is 30.5 Å². The van der Waals surface area contributed by atoms with Crippen LogP contribution >= 0.6 is 0 Å². The molecule has 30 heavy (non-hydrogen) atoms. The minimum atomic E-state index is -0.840. The van der Waals surface area contributed by atoms with Crippen molar-refractivity contribution in [1.82, 2.24) is 4.90 Å². The summed E-state index contributed by atoms with van der Waals surface area (Å²) in [5.74, 6) is -1.23. The van der Waals surface area contributed by atoms with Crippen LogP contribution in [-0.2, 0) is 14.3 Å². The SMILES string of the molecule is CCCOc1cccc(C(O)=C2C(=O)C(=O)N(CCOC)C2c2cccc(O)c2)c1. The molecule has 1 heterocycles. The summed E-state index contributed by atoms with van der Waals surface area (Å²) >= 11 is 0. The van der Waals surface area contributed by atoms with E-state index in [9.17, 15) is 19.8 Å². The van der Waals surface area contributed by atoms with Crippen molar-refractivity contribution in [3.05, 3.63) is 65.2 Å². The lowest BCUT2D eigenvalue weighted by Gasteiger charge is -2.25. The minimum Gasteiger partial charge on any atom is -0.508 e. The fraction of sp³-hybridized carbons (Fsp3) is 0.304. The number of ketones is 1. The summed E-state index contributed by atoms with van der Waals surface area (Å²) < 4.78 is 10.7. The first-order chi connectivity index (χ1) is 14.5. The maximum absolute atomic E-state index is 12.9. The van der Waals surface area contributed by atoms with E-state index in [1.54, 1.807) is 36.4 Å². The Morgan fingerprint density at radius 2 is 1.87 bits per heavy atom. The van der Waals surface area contributed by atoms with Gasteiger partial charge in [0.2, 0.25) is 0 Å². The zero-order valence-electron chi connectivity index (χ0n) is 17.0. The number of hydrogen-bond acceptors (Lipinski definition) is 6. The van der Waals surface area contributed by atoms with Gasteiger partial charge in [0.1, 0.15) is 17.3 Å². The number of phenolic OH excluding ortho intramolecular Hbond substituents is 1. The summed E-state index contributed by atoms with van der Waals surface area (Å²) in [5.41, 5.74) is 0.859. The maximum atomic E-state index is 12.9. The van der Waals surface area contributed by atoms with Crippen molar-refractivity contribution >= 4 is 17.4 Å². The van der Waals surface area contributed by atoms with Gasteiger partial charge in [-0.1, -0.05) is 31.2 Å². The van der Waals surface area contributed by atoms with Gasteiger partial charge in [0, 0.05) is 19.2 Å². The van der Waals surface area contributed by atoms with Gasteiger partial charge in [-0.2, -0.15) is 0 Å². The lowest BCUT2D eigenvalue weighted by atomic mass is 9.95. The van der Waals surface area contributed by atoms with Crippen molar-refractivity contribution in [2.45, 2.75) is 19.4 Å². The van der Waals surface area contributed by atoms with Crippen molar-refractivity contribution in [3.8, 4) is 11.5 Å². The number of hydrogen-bond donors (Lipinski definition) is 2. The molecular weight excluding hydrogens is 386 g/mol. The molecular formula is C23H25NO6. The Morgan fingerprint density at radius 3 is 2.57 bits per heavy atom. The van der Waals surface area contributed by atoms with E-state index < -0.39 is 17.7 Å². The number of aromatic hydroxyl groups is 1. The average Bonchev–Trinajstić information content (AvgIpc) is 3.00. The largest absolute Gasteiger partial charge is 0.508 e. The molecule has 158 valence electrons. The second-order valence-corrected chi connectivity index (χ2v) is 6.96. The molecule has 1 aliphatic heterocycles. The molecule has 1 fully saturated rings. The second-order valence-electron chi connectivity index (χ2n) is 6.96. The van der Waals surface area contributed by atoms with Crippen LogP contribution in [0.4, 0.5) is 0 Å². The van der Waals surface area contributed by atoms with Crippen LogP contribution in [0, 0.1) is 0 Å². The lowest BCUT2D eigenvalue weighted by Crippen LogP contribution is -2.32. The lowest BCUT2D eigenvalue weighted by molar-refractivity contribution is -0.140. The predicted molar refractivity (Wildman–Crippen MR) is 111 cm³/mol. The smallest absolute Gasteiger partial charge is 0.295 e. The van der Waals surface area contributed by atoms with Gasteiger partial charge in [-0.05, 0) is 36.2 Å². The molecule has 1 aliphatic rings. The van der Waals surface area contributed by atoms with Gasteiger partial charge in [-0.15, -0.1) is 0 Å². The van der Waals surface area contributed by atoms with Gasteiger partial charge in [-0.25, -0.2) is 0 Å². The highest BCUT2D eigenvalue weighted by atomic mass is 16.5. The number of aliphatic hydroxyl groups is 1. The molecule has 2 aromatic rings. The van der Waals surface area contributed by atoms with Crippen molar-refractivity contribution in [3.63, 3.8) is 0 Å². The third-order valence-electron chi connectivity index (χ3n) is 4.84. The van der Waals surface area contributed by atoms with Crippen molar-refractivity contribution in [1.29, 1.82) is 0 Å². The summed E-state index contributed by atoms with van der Waals surface area (Å²) in [6.07, 6.45) is 0.832. The fourth-order valence-corrected chi connectivity index (χ4v) is 3.45. The van der Waals surface area contributed by atoms with E-state index in [2.05, 4.69) is 0 Å². The number of rotatable bonds is 8. The van der Waals surface area contributed by atoms with Crippen LogP contribution in [-0.4, -0.2) is 53.7 Å². The van der Waals surface area contributed by atoms with Gasteiger partial charge in [-0.3, -0.25) is 9.59 Å². The van der Waals surface area contributed by atoms with Gasteiger partial charge in [0.15, 0.2) is 0 Å². The number of ether oxygens (including phenoxy) is 2. The quantitative estimate of drug-likeness (QED) is 0.393. The number of phenols is 1. The van der Waals surface area contributed by atoms with Crippen LogP contribution < -0.4 is 4.74 Å². The number of Topliss-reactive ketones (excluding diaryl/α,β-unsaturated/α-hetero) is 1. The second kappa shape index (κ2) is 9.45. The van der Waals surface area contributed by atoms with Crippen molar-refractivity contribution in [2.24, 2.45) is 0 Å². The van der Waals surface area contributed by atoms with E-state index >= 15 is 0 Å². The van der Waals surface area contributed by atoms with Gasteiger partial charge in [0.25, 0.3) is 11.7 Å². The van der Waals surface area contributed by atoms with Gasteiger partial charge >= 0.3 is 0 Å². The fourth-order valence-electron chi connectivity index (χ4n) is 3.45. The van der Waals surface area contributed by atoms with Crippen LogP contribution in [0.2, 0.25) is 0 Å². The summed E-state index contributed by atoms with van der Waals surface area (Å²) in [7, 11) is 1.50. The highest BCUT2D eigenvalue weighted by Crippen LogP contribution is 2.40. The molecule has 1 saturated heterocycles. The highest BCUT2D eigenvalue weighted by molar-refractivity contribution is 6.46. The summed E-state index contributed by atoms with van der Waals surface area (Å²) in [6, 6.07) is 12.2. The molecule has 0 bridgehead atoms. The summed E-state index contributed by atoms with van der Waals surface area (Å²) in [5, 5.41) is 21.0. The molecule has 7 nitrogen and oxygen atoms in total. The first-order valence-corrected chi connectivity index (χ1v) is 9.77. The molecule has 3 rings (SSSR count). The van der Waals surface area contributed by atoms with E-state index in [0.29, 0.717) is 23.5 Å². The number of likely N-dealkylation sites (tertiary alicyclic amines) is 1. The summed E-state index contributed by atoms with van der Waals surface area (Å²) in [6.45, 7) is 2.90. The molecule has 0 aliphatic carbocycles. The van der Waals surface area contributed by atoms with E-state index in [1.807, 2.05) is 6.92 Å². The monoisotopic (exact) mass is 411 g/mol. The number of benzene rings is 2. The van der Waals surface area contributed by atoms with E-state index in [0.717, 1.165) is 6.42 Å². The Bertz CT molecular complexity index is 968. The summed E-state index contributed by atoms with van der Waals surface area (Å²) in [4.78, 5) is 26.9. The molecule has 1 amide bonds. The Balaban J connectivity index is 2.11. The Kier molecular flexibility index (Phi) is 6.74. The molecule has 7 heteroatoms. The molecule has 1 unspecified atom stereocenters. The van der Waals surface area contributed by atoms with Gasteiger partial charge < -0.3 is 24.6 Å². The highest BCUT2D eigenvalue weighted by Gasteiger charge is 2.45. The molecule has 2 aromatic carbocycles. The number of carbonyl (C=O) groups excluding carboxylic acids is 2. The molecule has 0 aromatic heterocycles. The van der Waals surface area contributed by atoms with Gasteiger partial charge in [0.05, 0.1) is 24.8 Å². The molecule has 0 saturated carbocycles. The topological polar surface area (TPSA) is 96.3 Å². The van der Waals surface area contributed by atoms with E-state index in [1.165, 1.54) is 24.1 Å². The number of methoxy groups -OCH3 is 1. The zero-order chi connectivity index (χ0) is 21.7. The maximum Gasteiger partial charge on any atom is 0.295 e. The Hall–Kier alpha value is -3.32. The Labute approximate surface area is 175 Å². The normalized spacial score (nSPS) is 18.1. The van der Waals surface area contributed by atoms with Crippen LogP contribution in [0.25, 0.3) is 5.76 Å². The predicted octanol–water partition coefficient (Wildman–Crippen LogP) is 3.25. The number of nitrogens with zero attached hydrogens (tertiary/aromatic N) is 1. The third kappa shape index (κ3) is 4.31. The van der Waals surface area contributed by atoms with E-state index in [-0.39, 0.29) is 30.2 Å². The van der Waals surface area contributed by atoms with E-state index in [4.69, 9.17) is 9.47 Å². The first kappa shape index (κ1) is 21.4.